The van der Waals surface area contributed by atoms with Crippen molar-refractivity contribution in [2.45, 2.75) is 52.5 Å². The van der Waals surface area contributed by atoms with E-state index in [9.17, 15) is 4.79 Å². The number of aliphatic imine (C=N–C) groups is 1. The van der Waals surface area contributed by atoms with E-state index in [2.05, 4.69) is 54.6 Å². The van der Waals surface area contributed by atoms with Gasteiger partial charge < -0.3 is 16.0 Å². The molecule has 1 aromatic rings. The van der Waals surface area contributed by atoms with Gasteiger partial charge >= 0.3 is 0 Å². The van der Waals surface area contributed by atoms with Gasteiger partial charge in [0.15, 0.2) is 5.96 Å². The molecule has 6 nitrogen and oxygen atoms in total. The number of amides is 1. The SMILES string of the molecule is CCNC(=NCC(C)(C)N1CCCC(C)C1)NCCc1cccc(C(=O)NC)c1. The number of hydrogen-bond acceptors (Lipinski definition) is 3. The molecular weight excluding hydrogens is 362 g/mol. The molecule has 0 radical (unpaired) electrons. The van der Waals surface area contributed by atoms with Gasteiger partial charge in [-0.05, 0) is 70.2 Å². The molecule has 0 aliphatic carbocycles. The van der Waals surface area contributed by atoms with Crippen molar-refractivity contribution in [2.24, 2.45) is 10.9 Å². The van der Waals surface area contributed by atoms with Crippen LogP contribution in [0.3, 0.4) is 0 Å². The van der Waals surface area contributed by atoms with E-state index in [0.717, 1.165) is 50.0 Å². The van der Waals surface area contributed by atoms with E-state index < -0.39 is 0 Å². The first-order valence-corrected chi connectivity index (χ1v) is 10.9. The minimum Gasteiger partial charge on any atom is -0.357 e. The molecule has 1 saturated heterocycles. The molecule has 1 aromatic carbocycles. The number of piperidine rings is 1. The Balaban J connectivity index is 1.91. The van der Waals surface area contributed by atoms with E-state index in [4.69, 9.17) is 4.99 Å². The Labute approximate surface area is 176 Å². The quantitative estimate of drug-likeness (QED) is 0.463. The predicted molar refractivity (Wildman–Crippen MR) is 122 cm³/mol. The summed E-state index contributed by atoms with van der Waals surface area (Å²) in [4.78, 5) is 19.2. The average Bonchev–Trinajstić information content (AvgIpc) is 2.71. The van der Waals surface area contributed by atoms with Crippen LogP contribution in [0, 0.1) is 5.92 Å². The highest BCUT2D eigenvalue weighted by molar-refractivity contribution is 5.94. The predicted octanol–water partition coefficient (Wildman–Crippen LogP) is 2.65. The smallest absolute Gasteiger partial charge is 0.251 e. The standard InChI is InChI=1S/C23H39N5O/c1-6-25-22(27-17-23(3,4)28-14-8-9-18(2)16-28)26-13-12-19-10-7-11-20(15-19)21(29)24-5/h7,10-11,15,18H,6,8-9,12-14,16-17H2,1-5H3,(H,24,29)(H2,25,26,27). The average molecular weight is 402 g/mol. The Hall–Kier alpha value is -2.08. The zero-order valence-corrected chi connectivity index (χ0v) is 18.8. The molecule has 1 aliphatic heterocycles. The number of hydrogen-bond donors (Lipinski definition) is 3. The molecule has 0 spiro atoms. The van der Waals surface area contributed by atoms with E-state index in [1.165, 1.54) is 19.4 Å². The van der Waals surface area contributed by atoms with E-state index in [1.807, 2.05) is 18.2 Å². The van der Waals surface area contributed by atoms with Gasteiger partial charge in [-0.25, -0.2) is 0 Å². The molecule has 1 atom stereocenters. The zero-order valence-electron chi connectivity index (χ0n) is 18.8. The molecule has 1 fully saturated rings. The van der Waals surface area contributed by atoms with Gasteiger partial charge in [0.2, 0.25) is 0 Å². The summed E-state index contributed by atoms with van der Waals surface area (Å²) in [5, 5.41) is 9.46. The third kappa shape index (κ3) is 7.35. The summed E-state index contributed by atoms with van der Waals surface area (Å²) in [5.41, 5.74) is 1.89. The van der Waals surface area contributed by atoms with Crippen LogP contribution in [0.1, 0.15) is 56.5 Å². The summed E-state index contributed by atoms with van der Waals surface area (Å²) >= 11 is 0. The molecule has 6 heteroatoms. The van der Waals surface area contributed by atoms with Crippen molar-refractivity contribution in [1.29, 1.82) is 0 Å². The van der Waals surface area contributed by atoms with E-state index >= 15 is 0 Å². The van der Waals surface area contributed by atoms with Crippen LogP contribution in [0.25, 0.3) is 0 Å². The van der Waals surface area contributed by atoms with Gasteiger partial charge in [0.1, 0.15) is 0 Å². The van der Waals surface area contributed by atoms with Gasteiger partial charge in [0, 0.05) is 37.8 Å². The minimum absolute atomic E-state index is 0.0519. The van der Waals surface area contributed by atoms with Crippen molar-refractivity contribution in [1.82, 2.24) is 20.9 Å². The number of guanidine groups is 1. The maximum absolute atomic E-state index is 11.8. The largest absolute Gasteiger partial charge is 0.357 e. The number of likely N-dealkylation sites (tertiary alicyclic amines) is 1. The number of nitrogens with one attached hydrogen (secondary N) is 3. The highest BCUT2D eigenvalue weighted by Crippen LogP contribution is 2.24. The summed E-state index contributed by atoms with van der Waals surface area (Å²) in [6.45, 7) is 13.7. The Bertz CT molecular complexity index is 686. The van der Waals surface area contributed by atoms with Crippen molar-refractivity contribution in [2.75, 3.05) is 39.8 Å². The van der Waals surface area contributed by atoms with Crippen molar-refractivity contribution < 1.29 is 4.79 Å². The number of nitrogens with zero attached hydrogens (tertiary/aromatic N) is 2. The molecule has 29 heavy (non-hydrogen) atoms. The highest BCUT2D eigenvalue weighted by Gasteiger charge is 2.29. The summed E-state index contributed by atoms with van der Waals surface area (Å²) in [5.74, 6) is 1.57. The first-order valence-electron chi connectivity index (χ1n) is 10.9. The Morgan fingerprint density at radius 1 is 1.31 bits per heavy atom. The van der Waals surface area contributed by atoms with Crippen molar-refractivity contribution >= 4 is 11.9 Å². The fraction of sp³-hybridized carbons (Fsp3) is 0.652. The normalized spacial score (nSPS) is 18.4. The molecule has 1 amide bonds. The fourth-order valence-corrected chi connectivity index (χ4v) is 3.79. The van der Waals surface area contributed by atoms with Gasteiger partial charge in [-0.15, -0.1) is 0 Å². The fourth-order valence-electron chi connectivity index (χ4n) is 3.79. The lowest BCUT2D eigenvalue weighted by molar-refractivity contribution is 0.0774. The lowest BCUT2D eigenvalue weighted by Crippen LogP contribution is -2.51. The second-order valence-corrected chi connectivity index (χ2v) is 8.66. The van der Waals surface area contributed by atoms with Gasteiger partial charge in [-0.1, -0.05) is 19.1 Å². The molecule has 0 bridgehead atoms. The lowest BCUT2D eigenvalue weighted by Gasteiger charge is -2.42. The first-order chi connectivity index (χ1) is 13.9. The molecule has 2 rings (SSSR count). The Kier molecular flexibility index (Phi) is 8.96. The van der Waals surface area contributed by atoms with Crippen LogP contribution in [0.15, 0.2) is 29.3 Å². The first kappa shape index (κ1) is 23.2. The molecule has 162 valence electrons. The van der Waals surface area contributed by atoms with Crippen LogP contribution in [0.5, 0.6) is 0 Å². The van der Waals surface area contributed by atoms with Crippen LogP contribution >= 0.6 is 0 Å². The van der Waals surface area contributed by atoms with Crippen molar-refractivity contribution in [3.05, 3.63) is 35.4 Å². The third-order valence-electron chi connectivity index (χ3n) is 5.60. The van der Waals surface area contributed by atoms with Gasteiger partial charge in [0.05, 0.1) is 6.54 Å². The third-order valence-corrected chi connectivity index (χ3v) is 5.60. The van der Waals surface area contributed by atoms with Crippen LogP contribution in [0.4, 0.5) is 0 Å². The molecule has 0 aromatic heterocycles. The van der Waals surface area contributed by atoms with Crippen LogP contribution in [0.2, 0.25) is 0 Å². The summed E-state index contributed by atoms with van der Waals surface area (Å²) in [6, 6.07) is 7.77. The zero-order chi connectivity index (χ0) is 21.3. The molecule has 0 saturated carbocycles. The van der Waals surface area contributed by atoms with Crippen molar-refractivity contribution in [3.63, 3.8) is 0 Å². The molecule has 3 N–H and O–H groups in total. The number of rotatable bonds is 8. The lowest BCUT2D eigenvalue weighted by atomic mass is 9.94. The van der Waals surface area contributed by atoms with E-state index in [0.29, 0.717) is 5.56 Å². The Morgan fingerprint density at radius 3 is 2.79 bits per heavy atom. The van der Waals surface area contributed by atoms with Crippen LogP contribution < -0.4 is 16.0 Å². The monoisotopic (exact) mass is 401 g/mol. The van der Waals surface area contributed by atoms with Crippen LogP contribution in [-0.2, 0) is 6.42 Å². The van der Waals surface area contributed by atoms with E-state index in [-0.39, 0.29) is 11.4 Å². The maximum Gasteiger partial charge on any atom is 0.251 e. The van der Waals surface area contributed by atoms with Gasteiger partial charge in [-0.3, -0.25) is 14.7 Å². The second-order valence-electron chi connectivity index (χ2n) is 8.66. The highest BCUT2D eigenvalue weighted by atomic mass is 16.1. The topological polar surface area (TPSA) is 68.8 Å². The molecule has 1 unspecified atom stereocenters. The number of carbonyl (C=O) groups excluding carboxylic acids is 1. The number of carbonyl (C=O) groups is 1. The molecule has 1 aliphatic rings. The second kappa shape index (κ2) is 11.2. The number of benzene rings is 1. The minimum atomic E-state index is -0.0519. The molecule has 1 heterocycles. The maximum atomic E-state index is 11.8. The van der Waals surface area contributed by atoms with Crippen molar-refractivity contribution in [3.8, 4) is 0 Å². The molecular formula is C23H39N5O. The van der Waals surface area contributed by atoms with Gasteiger partial charge in [0.25, 0.3) is 5.91 Å². The van der Waals surface area contributed by atoms with Gasteiger partial charge in [-0.2, -0.15) is 0 Å². The van der Waals surface area contributed by atoms with Crippen LogP contribution in [-0.4, -0.2) is 62.1 Å². The summed E-state index contributed by atoms with van der Waals surface area (Å²) < 4.78 is 0. The summed E-state index contributed by atoms with van der Waals surface area (Å²) in [7, 11) is 1.65. The Morgan fingerprint density at radius 2 is 2.10 bits per heavy atom. The summed E-state index contributed by atoms with van der Waals surface area (Å²) in [6.07, 6.45) is 3.45. The van der Waals surface area contributed by atoms with E-state index in [1.54, 1.807) is 7.05 Å².